The highest BCUT2D eigenvalue weighted by Gasteiger charge is 2.50. The van der Waals surface area contributed by atoms with Gasteiger partial charge in [-0.05, 0) is 6.07 Å². The van der Waals surface area contributed by atoms with Crippen LogP contribution >= 0.6 is 0 Å². The first-order valence-corrected chi connectivity index (χ1v) is 7.22. The second-order valence-corrected chi connectivity index (χ2v) is 5.49. The molecule has 1 heterocycles. The second kappa shape index (κ2) is 6.33. The molecule has 1 aliphatic heterocycles. The van der Waals surface area contributed by atoms with Gasteiger partial charge in [0.05, 0.1) is 17.8 Å². The number of anilines is 1. The van der Waals surface area contributed by atoms with E-state index in [2.05, 4.69) is 4.74 Å². The van der Waals surface area contributed by atoms with E-state index in [0.717, 1.165) is 0 Å². The Labute approximate surface area is 151 Å². The number of carbonyl (C=O) groups excluding carboxylic acids is 1. The number of terminal acetylenes is 1. The van der Waals surface area contributed by atoms with Crippen LogP contribution in [0.5, 0.6) is 11.5 Å². The van der Waals surface area contributed by atoms with E-state index in [0.29, 0.717) is 6.07 Å². The number of phenolic OH excluding ortho intramolecular Hbond substituents is 1. The van der Waals surface area contributed by atoms with Crippen molar-refractivity contribution in [3.63, 3.8) is 0 Å². The van der Waals surface area contributed by atoms with Gasteiger partial charge < -0.3 is 9.84 Å². The molecule has 0 saturated carbocycles. The van der Waals surface area contributed by atoms with Crippen LogP contribution < -0.4 is 9.64 Å². The predicted octanol–water partition coefficient (Wildman–Crippen LogP) is 3.71. The quantitative estimate of drug-likeness (QED) is 0.359. The Hall–Kier alpha value is -3.42. The molecule has 3 rings (SSSR count). The van der Waals surface area contributed by atoms with E-state index in [-0.39, 0.29) is 11.0 Å². The topological polar surface area (TPSA) is 49.8 Å². The standard InChI is InChI=1S/C17H6F7NO3/c1-2-3-25-8-4-6(7(18)5-9(8)28-17(23,24)16(25)27)10-11(19)13(21)14(22)15(26)12(10)20/h1,4-5,26H,3H2. The van der Waals surface area contributed by atoms with E-state index in [4.69, 9.17) is 6.42 Å². The van der Waals surface area contributed by atoms with Gasteiger partial charge in [-0.2, -0.15) is 13.2 Å². The van der Waals surface area contributed by atoms with E-state index in [9.17, 15) is 40.6 Å². The number of alkyl halides is 2. The van der Waals surface area contributed by atoms with Crippen molar-refractivity contribution < 1.29 is 45.4 Å². The molecule has 2 aromatic carbocycles. The Morgan fingerprint density at radius 2 is 1.71 bits per heavy atom. The molecule has 0 saturated heterocycles. The molecule has 4 nitrogen and oxygen atoms in total. The Morgan fingerprint density at radius 3 is 2.32 bits per heavy atom. The van der Waals surface area contributed by atoms with Gasteiger partial charge in [0.2, 0.25) is 5.82 Å². The maximum Gasteiger partial charge on any atom is 0.483 e. The minimum Gasteiger partial charge on any atom is -0.503 e. The molecule has 0 bridgehead atoms. The molecule has 0 fully saturated rings. The highest BCUT2D eigenvalue weighted by atomic mass is 19.3. The van der Waals surface area contributed by atoms with E-state index < -0.39 is 76.0 Å². The van der Waals surface area contributed by atoms with Crippen LogP contribution in [0, 0.1) is 41.4 Å². The molecule has 146 valence electrons. The number of fused-ring (bicyclic) bond motifs is 1. The third kappa shape index (κ3) is 2.69. The van der Waals surface area contributed by atoms with Gasteiger partial charge in [-0.3, -0.25) is 9.69 Å². The molecule has 1 amide bonds. The molecule has 0 radical (unpaired) electrons. The van der Waals surface area contributed by atoms with Crippen LogP contribution in [0.1, 0.15) is 0 Å². The highest BCUT2D eigenvalue weighted by Crippen LogP contribution is 2.44. The fraction of sp³-hybridized carbons (Fsp3) is 0.118. The van der Waals surface area contributed by atoms with Crippen molar-refractivity contribution >= 4 is 11.6 Å². The Kier molecular flexibility index (Phi) is 4.37. The van der Waals surface area contributed by atoms with Crippen molar-refractivity contribution in [1.82, 2.24) is 0 Å². The van der Waals surface area contributed by atoms with E-state index in [1.807, 2.05) is 5.92 Å². The number of amides is 1. The zero-order valence-corrected chi connectivity index (χ0v) is 13.3. The third-order valence-electron chi connectivity index (χ3n) is 3.83. The molecule has 0 aromatic heterocycles. The smallest absolute Gasteiger partial charge is 0.483 e. The summed E-state index contributed by atoms with van der Waals surface area (Å²) in [5.41, 5.74) is -3.23. The SMILES string of the molecule is C#CCN1C(=O)C(F)(F)Oc2cc(F)c(-c3c(F)c(O)c(F)c(F)c3F)cc21. The Bertz CT molecular complexity index is 1030. The number of benzene rings is 2. The number of hydrogen-bond donors (Lipinski definition) is 1. The van der Waals surface area contributed by atoms with E-state index in [1.165, 1.54) is 0 Å². The first-order chi connectivity index (χ1) is 13.0. The van der Waals surface area contributed by atoms with Gasteiger partial charge in [-0.15, -0.1) is 6.42 Å². The van der Waals surface area contributed by atoms with Gasteiger partial charge in [0.1, 0.15) is 5.82 Å². The molecular weight excluding hydrogens is 399 g/mol. The van der Waals surface area contributed by atoms with Crippen molar-refractivity contribution in [3.8, 4) is 35.0 Å². The summed E-state index contributed by atoms with van der Waals surface area (Å²) in [5.74, 6) is -13.2. The fourth-order valence-electron chi connectivity index (χ4n) is 2.58. The summed E-state index contributed by atoms with van der Waals surface area (Å²) in [6, 6.07) is 0.735. The van der Waals surface area contributed by atoms with Crippen molar-refractivity contribution in [2.75, 3.05) is 11.4 Å². The number of phenols is 1. The zero-order valence-electron chi connectivity index (χ0n) is 13.3. The summed E-state index contributed by atoms with van der Waals surface area (Å²) in [5, 5.41) is 9.24. The largest absolute Gasteiger partial charge is 0.503 e. The van der Waals surface area contributed by atoms with Crippen LogP contribution in [0.3, 0.4) is 0 Å². The lowest BCUT2D eigenvalue weighted by Crippen LogP contribution is -2.51. The maximum atomic E-state index is 14.3. The van der Waals surface area contributed by atoms with Gasteiger partial charge >= 0.3 is 12.0 Å². The molecule has 1 N–H and O–H groups in total. The van der Waals surface area contributed by atoms with Crippen molar-refractivity contribution in [2.45, 2.75) is 6.11 Å². The van der Waals surface area contributed by atoms with E-state index in [1.54, 1.807) is 0 Å². The normalized spacial score (nSPS) is 15.1. The third-order valence-corrected chi connectivity index (χ3v) is 3.83. The lowest BCUT2D eigenvalue weighted by molar-refractivity contribution is -0.192. The number of nitrogens with zero attached hydrogens (tertiary/aromatic N) is 1. The molecule has 0 aliphatic carbocycles. The second-order valence-electron chi connectivity index (χ2n) is 5.49. The Balaban J connectivity index is 2.32. The molecule has 1 aliphatic rings. The first-order valence-electron chi connectivity index (χ1n) is 7.22. The summed E-state index contributed by atoms with van der Waals surface area (Å²) in [6.45, 7) is -0.746. The lowest BCUT2D eigenvalue weighted by Gasteiger charge is -2.32. The van der Waals surface area contributed by atoms with Crippen molar-refractivity contribution in [2.24, 2.45) is 0 Å². The number of hydrogen-bond acceptors (Lipinski definition) is 3. The minimum absolute atomic E-state index is 0.256. The number of halogens is 7. The van der Waals surface area contributed by atoms with Gasteiger partial charge in [-0.1, -0.05) is 5.92 Å². The summed E-state index contributed by atoms with van der Waals surface area (Å²) in [7, 11) is 0. The molecule has 0 unspecified atom stereocenters. The van der Waals surface area contributed by atoms with Crippen LogP contribution in [-0.4, -0.2) is 23.7 Å². The minimum atomic E-state index is -4.39. The van der Waals surface area contributed by atoms with Crippen LogP contribution in [0.25, 0.3) is 11.1 Å². The van der Waals surface area contributed by atoms with Crippen molar-refractivity contribution in [3.05, 3.63) is 41.2 Å². The van der Waals surface area contributed by atoms with Crippen molar-refractivity contribution in [1.29, 1.82) is 0 Å². The van der Waals surface area contributed by atoms with E-state index >= 15 is 0 Å². The molecule has 2 aromatic rings. The highest BCUT2D eigenvalue weighted by molar-refractivity contribution is 6.02. The molecule has 28 heavy (non-hydrogen) atoms. The number of ether oxygens (including phenoxy) is 1. The first kappa shape index (κ1) is 19.3. The summed E-state index contributed by atoms with van der Waals surface area (Å²) < 4.78 is 101. The fourth-order valence-corrected chi connectivity index (χ4v) is 2.58. The monoisotopic (exact) mass is 405 g/mol. The Morgan fingerprint density at radius 1 is 1.07 bits per heavy atom. The van der Waals surface area contributed by atoms with Crippen LogP contribution in [-0.2, 0) is 4.79 Å². The maximum absolute atomic E-state index is 14.3. The number of carbonyl (C=O) groups is 1. The van der Waals surface area contributed by atoms with Crippen LogP contribution in [0.4, 0.5) is 36.4 Å². The zero-order chi connectivity index (χ0) is 21.0. The van der Waals surface area contributed by atoms with Crippen LogP contribution in [0.2, 0.25) is 0 Å². The molecule has 11 heteroatoms. The van der Waals surface area contributed by atoms with Gasteiger partial charge in [0, 0.05) is 11.6 Å². The number of aromatic hydroxyl groups is 1. The lowest BCUT2D eigenvalue weighted by atomic mass is 10.0. The van der Waals surface area contributed by atoms with Gasteiger partial charge in [0.25, 0.3) is 0 Å². The summed E-state index contributed by atoms with van der Waals surface area (Å²) >= 11 is 0. The molecule has 0 spiro atoms. The van der Waals surface area contributed by atoms with Crippen LogP contribution in [0.15, 0.2) is 12.1 Å². The summed E-state index contributed by atoms with van der Waals surface area (Å²) in [4.78, 5) is 12.1. The average Bonchev–Trinajstić information content (AvgIpc) is 2.63. The van der Waals surface area contributed by atoms with Gasteiger partial charge in [0.15, 0.2) is 29.0 Å². The predicted molar refractivity (Wildman–Crippen MR) is 80.1 cm³/mol. The van der Waals surface area contributed by atoms with Gasteiger partial charge in [-0.25, -0.2) is 17.6 Å². The molecule has 0 atom stereocenters. The average molecular weight is 405 g/mol. The molecular formula is C17H6F7NO3. The number of rotatable bonds is 2. The summed E-state index contributed by atoms with van der Waals surface area (Å²) in [6.07, 6.45) is 0.609.